The summed E-state index contributed by atoms with van der Waals surface area (Å²) in [6.07, 6.45) is 1.23. The molecule has 6 nitrogen and oxygen atoms in total. The molecule has 0 radical (unpaired) electrons. The molecule has 0 atom stereocenters. The topological polar surface area (TPSA) is 88.5 Å². The summed E-state index contributed by atoms with van der Waals surface area (Å²) in [7, 11) is -2.63. The summed E-state index contributed by atoms with van der Waals surface area (Å²) in [6.45, 7) is -0.245. The Labute approximate surface area is 121 Å². The molecule has 0 unspecified atom stereocenters. The Balaban J connectivity index is 2.32. The van der Waals surface area contributed by atoms with Gasteiger partial charge in [-0.15, -0.1) is 0 Å². The third kappa shape index (κ3) is 3.47. The number of ether oxygens (including phenoxy) is 1. The maximum Gasteiger partial charge on any atom is 0.279 e. The van der Waals surface area contributed by atoms with Gasteiger partial charge in [-0.05, 0) is 23.8 Å². The number of nitrogens with one attached hydrogen (secondary N) is 1. The molecule has 2 rings (SSSR count). The van der Waals surface area contributed by atoms with Crippen LogP contribution in [0.25, 0.3) is 0 Å². The molecule has 0 aliphatic heterocycles. The molecule has 0 aliphatic carbocycles. The number of aliphatic hydroxyl groups excluding tert-OH is 1. The molecule has 0 amide bonds. The summed E-state index contributed by atoms with van der Waals surface area (Å²) in [5.74, 6) is -0.413. The van der Waals surface area contributed by atoms with Crippen LogP contribution in [-0.4, -0.2) is 25.6 Å². The summed E-state index contributed by atoms with van der Waals surface area (Å²) >= 11 is 0. The zero-order chi connectivity index (χ0) is 15.5. The molecule has 1 heterocycles. The first-order valence-electron chi connectivity index (χ1n) is 5.88. The van der Waals surface area contributed by atoms with E-state index in [9.17, 15) is 12.8 Å². The quantitative estimate of drug-likeness (QED) is 0.874. The van der Waals surface area contributed by atoms with E-state index in [0.29, 0.717) is 11.3 Å². The molecule has 0 bridgehead atoms. The predicted molar refractivity (Wildman–Crippen MR) is 73.9 cm³/mol. The summed E-state index contributed by atoms with van der Waals surface area (Å²) in [5.41, 5.74) is 0.240. The molecule has 0 aliphatic rings. The summed E-state index contributed by atoms with van der Waals surface area (Å²) in [5, 5.41) is 8.62. The number of hydrogen-bond acceptors (Lipinski definition) is 5. The van der Waals surface area contributed by atoms with Gasteiger partial charge in [0, 0.05) is 12.3 Å². The molecule has 0 saturated heterocycles. The second kappa shape index (κ2) is 6.06. The van der Waals surface area contributed by atoms with Crippen molar-refractivity contribution >= 4 is 15.7 Å². The lowest BCUT2D eigenvalue weighted by Gasteiger charge is -2.10. The number of aliphatic hydroxyl groups is 1. The summed E-state index contributed by atoms with van der Waals surface area (Å²) in [6, 6.07) is 6.35. The minimum absolute atomic E-state index is 0.234. The van der Waals surface area contributed by atoms with E-state index in [1.54, 1.807) is 0 Å². The standard InChI is InChI=1S/C13H13FN2O4S/c1-20-10-3-4-11(14)12(6-10)16-21(18,19)13-5-2-9(8-17)7-15-13/h2-7,16-17H,8H2,1H3. The van der Waals surface area contributed by atoms with Crippen molar-refractivity contribution in [3.05, 3.63) is 47.9 Å². The van der Waals surface area contributed by atoms with Crippen LogP contribution >= 0.6 is 0 Å². The second-order valence-electron chi connectivity index (χ2n) is 4.11. The molecular formula is C13H13FN2O4S. The third-order valence-electron chi connectivity index (χ3n) is 2.67. The van der Waals surface area contributed by atoms with Gasteiger partial charge in [-0.3, -0.25) is 4.72 Å². The molecule has 0 fully saturated rings. The van der Waals surface area contributed by atoms with Crippen LogP contribution in [0.4, 0.5) is 10.1 Å². The number of aromatic nitrogens is 1. The fraction of sp³-hybridized carbons (Fsp3) is 0.154. The number of halogens is 1. The number of sulfonamides is 1. The van der Waals surface area contributed by atoms with Gasteiger partial charge < -0.3 is 9.84 Å². The fourth-order valence-electron chi connectivity index (χ4n) is 1.57. The first-order chi connectivity index (χ1) is 9.96. The zero-order valence-electron chi connectivity index (χ0n) is 11.1. The molecule has 2 aromatic rings. The lowest BCUT2D eigenvalue weighted by Crippen LogP contribution is -2.15. The van der Waals surface area contributed by atoms with Crippen LogP contribution in [0.2, 0.25) is 0 Å². The van der Waals surface area contributed by atoms with Crippen molar-refractivity contribution in [1.29, 1.82) is 0 Å². The monoisotopic (exact) mass is 312 g/mol. The van der Waals surface area contributed by atoms with E-state index < -0.39 is 15.8 Å². The van der Waals surface area contributed by atoms with Crippen molar-refractivity contribution in [2.75, 3.05) is 11.8 Å². The van der Waals surface area contributed by atoms with Gasteiger partial charge in [0.2, 0.25) is 0 Å². The van der Waals surface area contributed by atoms with Crippen molar-refractivity contribution in [3.8, 4) is 5.75 Å². The largest absolute Gasteiger partial charge is 0.497 e. The lowest BCUT2D eigenvalue weighted by molar-refractivity contribution is 0.281. The number of hydrogen-bond donors (Lipinski definition) is 2. The van der Waals surface area contributed by atoms with Crippen LogP contribution in [0.5, 0.6) is 5.75 Å². The first kappa shape index (κ1) is 15.2. The number of pyridine rings is 1. The van der Waals surface area contributed by atoms with Crippen molar-refractivity contribution in [2.45, 2.75) is 11.6 Å². The number of benzene rings is 1. The van der Waals surface area contributed by atoms with E-state index in [1.165, 1.54) is 37.6 Å². The maximum atomic E-state index is 13.6. The van der Waals surface area contributed by atoms with Gasteiger partial charge in [-0.25, -0.2) is 9.37 Å². The van der Waals surface area contributed by atoms with Crippen molar-refractivity contribution < 1.29 is 22.7 Å². The highest BCUT2D eigenvalue weighted by Gasteiger charge is 2.18. The predicted octanol–water partition coefficient (Wildman–Crippen LogP) is 1.52. The molecule has 112 valence electrons. The summed E-state index contributed by atoms with van der Waals surface area (Å²) in [4.78, 5) is 3.73. The second-order valence-corrected chi connectivity index (χ2v) is 5.74. The van der Waals surface area contributed by atoms with E-state index in [4.69, 9.17) is 9.84 Å². The van der Waals surface area contributed by atoms with Crippen molar-refractivity contribution in [2.24, 2.45) is 0 Å². The van der Waals surface area contributed by atoms with Crippen LogP contribution in [0.3, 0.4) is 0 Å². The van der Waals surface area contributed by atoms with Crippen molar-refractivity contribution in [1.82, 2.24) is 4.98 Å². The van der Waals surface area contributed by atoms with Crippen LogP contribution in [0, 0.1) is 5.82 Å². The van der Waals surface area contributed by atoms with Crippen LogP contribution < -0.4 is 9.46 Å². The summed E-state index contributed by atoms with van der Waals surface area (Å²) < 4.78 is 44.9. The highest BCUT2D eigenvalue weighted by Crippen LogP contribution is 2.23. The molecule has 8 heteroatoms. The number of rotatable bonds is 5. The van der Waals surface area contributed by atoms with E-state index in [-0.39, 0.29) is 17.3 Å². The van der Waals surface area contributed by atoms with E-state index in [2.05, 4.69) is 9.71 Å². The average Bonchev–Trinajstić information content (AvgIpc) is 2.49. The normalized spacial score (nSPS) is 11.2. The third-order valence-corrected chi connectivity index (χ3v) is 3.95. The van der Waals surface area contributed by atoms with E-state index in [0.717, 1.165) is 6.07 Å². The highest BCUT2D eigenvalue weighted by atomic mass is 32.2. The maximum absolute atomic E-state index is 13.6. The highest BCUT2D eigenvalue weighted by molar-refractivity contribution is 7.92. The SMILES string of the molecule is COc1ccc(F)c(NS(=O)(=O)c2ccc(CO)cn2)c1. The fourth-order valence-corrected chi connectivity index (χ4v) is 2.56. The van der Waals surface area contributed by atoms with Gasteiger partial charge in [0.1, 0.15) is 11.6 Å². The van der Waals surface area contributed by atoms with Gasteiger partial charge in [-0.1, -0.05) is 6.07 Å². The Morgan fingerprint density at radius 3 is 2.67 bits per heavy atom. The smallest absolute Gasteiger partial charge is 0.279 e. The Morgan fingerprint density at radius 2 is 2.10 bits per heavy atom. The molecule has 21 heavy (non-hydrogen) atoms. The van der Waals surface area contributed by atoms with Crippen LogP contribution in [0.1, 0.15) is 5.56 Å². The molecule has 2 N–H and O–H groups in total. The molecule has 1 aromatic heterocycles. The number of nitrogens with zero attached hydrogens (tertiary/aromatic N) is 1. The Morgan fingerprint density at radius 1 is 1.33 bits per heavy atom. The Kier molecular flexibility index (Phi) is 4.39. The Bertz CT molecular complexity index is 732. The average molecular weight is 312 g/mol. The molecule has 1 aromatic carbocycles. The van der Waals surface area contributed by atoms with Gasteiger partial charge in [0.15, 0.2) is 5.03 Å². The van der Waals surface area contributed by atoms with Gasteiger partial charge >= 0.3 is 0 Å². The van der Waals surface area contributed by atoms with Gasteiger partial charge in [0.05, 0.1) is 19.4 Å². The zero-order valence-corrected chi connectivity index (χ0v) is 11.9. The minimum atomic E-state index is -4.02. The first-order valence-corrected chi connectivity index (χ1v) is 7.37. The van der Waals surface area contributed by atoms with Crippen molar-refractivity contribution in [3.63, 3.8) is 0 Å². The minimum Gasteiger partial charge on any atom is -0.497 e. The number of methoxy groups -OCH3 is 1. The van der Waals surface area contributed by atoms with Crippen LogP contribution in [-0.2, 0) is 16.6 Å². The molecular weight excluding hydrogens is 299 g/mol. The van der Waals surface area contributed by atoms with Gasteiger partial charge in [-0.2, -0.15) is 8.42 Å². The molecule has 0 saturated carbocycles. The van der Waals surface area contributed by atoms with E-state index in [1.807, 2.05) is 0 Å². The number of anilines is 1. The van der Waals surface area contributed by atoms with Gasteiger partial charge in [0.25, 0.3) is 10.0 Å². The Hall–Kier alpha value is -2.19. The molecule has 0 spiro atoms. The van der Waals surface area contributed by atoms with E-state index >= 15 is 0 Å². The lowest BCUT2D eigenvalue weighted by atomic mass is 10.3. The van der Waals surface area contributed by atoms with Crippen LogP contribution in [0.15, 0.2) is 41.6 Å².